The van der Waals surface area contributed by atoms with Crippen LogP contribution in [0.1, 0.15) is 24.0 Å². The van der Waals surface area contributed by atoms with Crippen LogP contribution < -0.4 is 0 Å². The number of hydrogen-bond acceptors (Lipinski definition) is 3. The van der Waals surface area contributed by atoms with Crippen molar-refractivity contribution >= 4 is 5.97 Å². The number of hydrogen-bond donors (Lipinski definition) is 0. The third-order valence-electron chi connectivity index (χ3n) is 2.45. The molecule has 2 rings (SSSR count). The number of aromatic nitrogens is 2. The van der Waals surface area contributed by atoms with Gasteiger partial charge in [-0.3, -0.25) is 0 Å². The zero-order valence-electron chi connectivity index (χ0n) is 8.41. The maximum Gasteiger partial charge on any atom is 0.434 e. The minimum atomic E-state index is -4.49. The second-order valence-corrected chi connectivity index (χ2v) is 3.55. The number of aryl methyl sites for hydroxylation is 1. The largest absolute Gasteiger partial charge is 0.464 e. The molecule has 16 heavy (non-hydrogen) atoms. The average molecular weight is 234 g/mol. The molecule has 0 saturated carbocycles. The Hall–Kier alpha value is -1.53. The molecule has 1 saturated heterocycles. The first-order valence-corrected chi connectivity index (χ1v) is 4.69. The van der Waals surface area contributed by atoms with E-state index in [4.69, 9.17) is 4.74 Å². The molecule has 1 aromatic heterocycles. The first kappa shape index (κ1) is 11.0. The van der Waals surface area contributed by atoms with Gasteiger partial charge in [-0.1, -0.05) is 0 Å². The normalized spacial score (nSPS) is 21.2. The molecule has 0 bridgehead atoms. The van der Waals surface area contributed by atoms with Crippen molar-refractivity contribution in [3.8, 4) is 0 Å². The quantitative estimate of drug-likeness (QED) is 0.694. The highest BCUT2D eigenvalue weighted by molar-refractivity contribution is 5.76. The summed E-state index contributed by atoms with van der Waals surface area (Å²) in [5.74, 6) is -0.342. The Balaban J connectivity index is 2.35. The van der Waals surface area contributed by atoms with Crippen LogP contribution in [0.3, 0.4) is 0 Å². The molecule has 0 amide bonds. The fraction of sp³-hybridized carbons (Fsp3) is 0.556. The second-order valence-electron chi connectivity index (χ2n) is 3.55. The number of nitrogens with zero attached hydrogens (tertiary/aromatic N) is 2. The van der Waals surface area contributed by atoms with Crippen LogP contribution >= 0.6 is 0 Å². The molecule has 1 aromatic rings. The van der Waals surface area contributed by atoms with Crippen molar-refractivity contribution in [2.24, 2.45) is 0 Å². The van der Waals surface area contributed by atoms with Gasteiger partial charge in [0, 0.05) is 12.6 Å². The van der Waals surface area contributed by atoms with Gasteiger partial charge in [0.1, 0.15) is 11.9 Å². The number of esters is 1. The molecule has 7 heteroatoms. The van der Waals surface area contributed by atoms with Crippen molar-refractivity contribution in [1.82, 2.24) is 9.55 Å². The molecule has 1 fully saturated rings. The van der Waals surface area contributed by atoms with Gasteiger partial charge in [0.15, 0.2) is 5.69 Å². The summed E-state index contributed by atoms with van der Waals surface area (Å²) in [6, 6.07) is -0.677. The number of alkyl halides is 3. The molecule has 1 aliphatic heterocycles. The van der Waals surface area contributed by atoms with Crippen molar-refractivity contribution in [1.29, 1.82) is 0 Å². The van der Waals surface area contributed by atoms with Gasteiger partial charge in [0.05, 0.1) is 6.61 Å². The van der Waals surface area contributed by atoms with E-state index in [0.717, 1.165) is 6.20 Å². The van der Waals surface area contributed by atoms with Crippen LogP contribution in [-0.2, 0) is 15.7 Å². The van der Waals surface area contributed by atoms with Gasteiger partial charge in [-0.25, -0.2) is 9.78 Å². The van der Waals surface area contributed by atoms with Crippen LogP contribution in [0.15, 0.2) is 6.20 Å². The molecule has 88 valence electrons. The molecule has 1 atom stereocenters. The van der Waals surface area contributed by atoms with Gasteiger partial charge < -0.3 is 9.30 Å². The molecule has 0 unspecified atom stereocenters. The van der Waals surface area contributed by atoms with Crippen molar-refractivity contribution in [3.63, 3.8) is 0 Å². The Labute approximate surface area is 89.0 Å². The molecule has 0 aromatic carbocycles. The summed E-state index contributed by atoms with van der Waals surface area (Å²) in [5, 5.41) is 0. The number of cyclic esters (lactones) is 1. The smallest absolute Gasteiger partial charge is 0.434 e. The number of ether oxygens (including phenoxy) is 1. The minimum Gasteiger partial charge on any atom is -0.464 e. The van der Waals surface area contributed by atoms with Gasteiger partial charge in [0.25, 0.3) is 0 Å². The number of carbonyl (C=O) groups is 1. The Morgan fingerprint density at radius 2 is 2.25 bits per heavy atom. The van der Waals surface area contributed by atoms with E-state index in [1.807, 2.05) is 0 Å². The third kappa shape index (κ3) is 1.77. The average Bonchev–Trinajstić information content (AvgIpc) is 2.70. The van der Waals surface area contributed by atoms with Crippen molar-refractivity contribution in [3.05, 3.63) is 17.7 Å². The van der Waals surface area contributed by atoms with Gasteiger partial charge in [-0.05, 0) is 6.92 Å². The Kier molecular flexibility index (Phi) is 2.40. The van der Waals surface area contributed by atoms with E-state index in [-0.39, 0.29) is 12.4 Å². The molecule has 1 aliphatic rings. The summed E-state index contributed by atoms with van der Waals surface area (Å²) in [6.45, 7) is 1.67. The third-order valence-corrected chi connectivity index (χ3v) is 2.45. The maximum atomic E-state index is 12.4. The standard InChI is InChI=1S/C9H9F3N2O2/c1-5-13-7(9(10,11)12)4-14(5)6-2-3-16-8(6)15/h4,6H,2-3H2,1H3/t6-/m1/s1. The van der Waals surface area contributed by atoms with Crippen LogP contribution in [0.4, 0.5) is 13.2 Å². The van der Waals surface area contributed by atoms with Gasteiger partial charge in [-0.2, -0.15) is 13.2 Å². The summed E-state index contributed by atoms with van der Waals surface area (Å²) in [7, 11) is 0. The predicted octanol–water partition coefficient (Wildman–Crippen LogP) is 1.70. The van der Waals surface area contributed by atoms with Crippen molar-refractivity contribution in [2.75, 3.05) is 6.61 Å². The lowest BCUT2D eigenvalue weighted by molar-refractivity contribution is -0.142. The molecular weight excluding hydrogens is 225 g/mol. The predicted molar refractivity (Wildman–Crippen MR) is 46.6 cm³/mol. The number of carbonyl (C=O) groups excluding carboxylic acids is 1. The fourth-order valence-corrected chi connectivity index (χ4v) is 1.68. The van der Waals surface area contributed by atoms with Gasteiger partial charge in [0.2, 0.25) is 0 Å². The zero-order valence-corrected chi connectivity index (χ0v) is 8.41. The number of imidazole rings is 1. The lowest BCUT2D eigenvalue weighted by Gasteiger charge is -2.08. The van der Waals surface area contributed by atoms with E-state index in [1.165, 1.54) is 11.5 Å². The second kappa shape index (κ2) is 3.50. The first-order valence-electron chi connectivity index (χ1n) is 4.69. The molecular formula is C9H9F3N2O2. The molecule has 0 N–H and O–H groups in total. The minimum absolute atomic E-state index is 0.163. The summed E-state index contributed by atoms with van der Waals surface area (Å²) < 4.78 is 43.0. The highest BCUT2D eigenvalue weighted by Crippen LogP contribution is 2.30. The lowest BCUT2D eigenvalue weighted by atomic mass is 10.2. The van der Waals surface area contributed by atoms with E-state index < -0.39 is 23.9 Å². The summed E-state index contributed by atoms with van der Waals surface area (Å²) in [4.78, 5) is 14.6. The fourth-order valence-electron chi connectivity index (χ4n) is 1.68. The summed E-state index contributed by atoms with van der Waals surface area (Å²) in [5.41, 5.74) is -0.982. The maximum absolute atomic E-state index is 12.4. The van der Waals surface area contributed by atoms with Crippen LogP contribution in [-0.4, -0.2) is 22.1 Å². The zero-order chi connectivity index (χ0) is 11.9. The highest BCUT2D eigenvalue weighted by Gasteiger charge is 2.37. The van der Waals surface area contributed by atoms with Crippen LogP contribution in [0.25, 0.3) is 0 Å². The SMILES string of the molecule is Cc1nc(C(F)(F)F)cn1[C@@H]1CCOC1=O. The lowest BCUT2D eigenvalue weighted by Crippen LogP contribution is -2.14. The molecule has 0 radical (unpaired) electrons. The monoisotopic (exact) mass is 234 g/mol. The van der Waals surface area contributed by atoms with E-state index >= 15 is 0 Å². The van der Waals surface area contributed by atoms with E-state index in [2.05, 4.69) is 4.98 Å². The molecule has 0 spiro atoms. The van der Waals surface area contributed by atoms with Crippen LogP contribution in [0.5, 0.6) is 0 Å². The Bertz CT molecular complexity index is 425. The van der Waals surface area contributed by atoms with Gasteiger partial charge in [-0.15, -0.1) is 0 Å². The van der Waals surface area contributed by atoms with E-state index in [0.29, 0.717) is 6.42 Å². The van der Waals surface area contributed by atoms with Crippen molar-refractivity contribution < 1.29 is 22.7 Å². The van der Waals surface area contributed by atoms with E-state index in [1.54, 1.807) is 0 Å². The Morgan fingerprint density at radius 1 is 1.56 bits per heavy atom. The summed E-state index contributed by atoms with van der Waals surface area (Å²) >= 11 is 0. The summed E-state index contributed by atoms with van der Waals surface area (Å²) in [6.07, 6.45) is -3.25. The number of rotatable bonds is 1. The Morgan fingerprint density at radius 3 is 2.69 bits per heavy atom. The molecule has 0 aliphatic carbocycles. The van der Waals surface area contributed by atoms with Crippen LogP contribution in [0, 0.1) is 6.92 Å². The van der Waals surface area contributed by atoms with Crippen molar-refractivity contribution in [2.45, 2.75) is 25.6 Å². The first-order chi connectivity index (χ1) is 7.39. The molecule has 4 nitrogen and oxygen atoms in total. The number of halogens is 3. The van der Waals surface area contributed by atoms with Gasteiger partial charge >= 0.3 is 12.1 Å². The molecule has 2 heterocycles. The topological polar surface area (TPSA) is 44.1 Å². The van der Waals surface area contributed by atoms with E-state index in [9.17, 15) is 18.0 Å². The van der Waals surface area contributed by atoms with Crippen LogP contribution in [0.2, 0.25) is 0 Å². The highest BCUT2D eigenvalue weighted by atomic mass is 19.4.